The summed E-state index contributed by atoms with van der Waals surface area (Å²) in [4.78, 5) is 13.0. The molecule has 0 unspecified atom stereocenters. The molecule has 31 heavy (non-hydrogen) atoms. The van der Waals surface area contributed by atoms with Crippen LogP contribution in [0.2, 0.25) is 0 Å². The number of carbonyl (C=O) groups excluding carboxylic acids is 1. The Morgan fingerprint density at radius 2 is 1.61 bits per heavy atom. The number of nitrogens with one attached hydrogen (secondary N) is 1. The van der Waals surface area contributed by atoms with Gasteiger partial charge in [0.1, 0.15) is 12.3 Å². The van der Waals surface area contributed by atoms with E-state index in [2.05, 4.69) is 27.9 Å². The molecule has 0 aliphatic heterocycles. The molecule has 1 amide bonds. The third-order valence-corrected chi connectivity index (χ3v) is 7.23. The van der Waals surface area contributed by atoms with Crippen molar-refractivity contribution in [3.8, 4) is 5.75 Å². The van der Waals surface area contributed by atoms with E-state index in [9.17, 15) is 13.2 Å². The van der Waals surface area contributed by atoms with Crippen LogP contribution in [0.25, 0.3) is 0 Å². The van der Waals surface area contributed by atoms with Gasteiger partial charge in [-0.1, -0.05) is 30.3 Å². The van der Waals surface area contributed by atoms with E-state index < -0.39 is 15.9 Å². The molecule has 0 spiro atoms. The normalized spacial score (nSPS) is 12.1. The SMILES string of the molecule is COc1ccc([C@@H](C)NC(=O)CN(c2ccc(I)cc2)S(=O)(=O)c2ccccc2)cc1. The van der Waals surface area contributed by atoms with Crippen LogP contribution in [0, 0.1) is 3.57 Å². The molecule has 0 saturated carbocycles. The Bertz CT molecular complexity index is 1120. The van der Waals surface area contributed by atoms with E-state index in [4.69, 9.17) is 4.74 Å². The number of nitrogens with zero attached hydrogens (tertiary/aromatic N) is 1. The van der Waals surface area contributed by atoms with Gasteiger partial charge in [-0.25, -0.2) is 8.42 Å². The second-order valence-electron chi connectivity index (χ2n) is 6.86. The second-order valence-corrected chi connectivity index (χ2v) is 9.97. The standard InChI is InChI=1S/C23H23IN2O4S/c1-17(18-8-14-21(30-2)15-9-18)25-23(27)16-26(20-12-10-19(24)11-13-20)31(28,29)22-6-4-3-5-7-22/h3-15,17H,16H2,1-2H3,(H,25,27)/t17-/m1/s1. The highest BCUT2D eigenvalue weighted by atomic mass is 127. The first-order chi connectivity index (χ1) is 14.8. The zero-order chi connectivity index (χ0) is 22.4. The third kappa shape index (κ3) is 5.76. The highest BCUT2D eigenvalue weighted by Crippen LogP contribution is 2.25. The molecular weight excluding hydrogens is 527 g/mol. The van der Waals surface area contributed by atoms with Gasteiger partial charge in [0.25, 0.3) is 10.0 Å². The molecule has 1 N–H and O–H groups in total. The first kappa shape index (κ1) is 23.1. The third-order valence-electron chi connectivity index (χ3n) is 4.73. The number of amides is 1. The van der Waals surface area contributed by atoms with Gasteiger partial charge in [-0.05, 0) is 83.6 Å². The molecule has 8 heteroatoms. The van der Waals surface area contributed by atoms with Crippen molar-refractivity contribution < 1.29 is 17.9 Å². The Morgan fingerprint density at radius 3 is 2.19 bits per heavy atom. The van der Waals surface area contributed by atoms with Gasteiger partial charge < -0.3 is 10.1 Å². The molecule has 1 atom stereocenters. The summed E-state index contributed by atoms with van der Waals surface area (Å²) in [6.07, 6.45) is 0. The molecule has 0 fully saturated rings. The van der Waals surface area contributed by atoms with Crippen molar-refractivity contribution in [3.63, 3.8) is 0 Å². The number of anilines is 1. The van der Waals surface area contributed by atoms with Gasteiger partial charge in [0.2, 0.25) is 5.91 Å². The number of benzene rings is 3. The van der Waals surface area contributed by atoms with Crippen molar-refractivity contribution in [2.24, 2.45) is 0 Å². The molecular formula is C23H23IN2O4S. The predicted molar refractivity (Wildman–Crippen MR) is 130 cm³/mol. The summed E-state index contributed by atoms with van der Waals surface area (Å²) in [5.41, 5.74) is 1.32. The van der Waals surface area contributed by atoms with Crippen LogP contribution in [0.5, 0.6) is 5.75 Å². The maximum atomic E-state index is 13.3. The Balaban J connectivity index is 1.84. The number of methoxy groups -OCH3 is 1. The van der Waals surface area contributed by atoms with Crippen molar-refractivity contribution in [3.05, 3.63) is 88.0 Å². The minimum absolute atomic E-state index is 0.129. The number of carbonyl (C=O) groups is 1. The van der Waals surface area contributed by atoms with Crippen LogP contribution in [0.1, 0.15) is 18.5 Å². The number of hydrogen-bond donors (Lipinski definition) is 1. The molecule has 6 nitrogen and oxygen atoms in total. The Hall–Kier alpha value is -2.59. The zero-order valence-corrected chi connectivity index (χ0v) is 20.1. The molecule has 0 aliphatic rings. The fraction of sp³-hybridized carbons (Fsp3) is 0.174. The van der Waals surface area contributed by atoms with Gasteiger partial charge in [-0.2, -0.15) is 0 Å². The van der Waals surface area contributed by atoms with Crippen LogP contribution in [-0.2, 0) is 14.8 Å². The largest absolute Gasteiger partial charge is 0.497 e. The van der Waals surface area contributed by atoms with Crippen LogP contribution in [0.15, 0.2) is 83.8 Å². The van der Waals surface area contributed by atoms with Gasteiger partial charge in [-0.15, -0.1) is 0 Å². The van der Waals surface area contributed by atoms with E-state index >= 15 is 0 Å². The summed E-state index contributed by atoms with van der Waals surface area (Å²) in [7, 11) is -2.33. The average molecular weight is 550 g/mol. The fourth-order valence-corrected chi connectivity index (χ4v) is 4.84. The van der Waals surface area contributed by atoms with Crippen molar-refractivity contribution in [1.82, 2.24) is 5.32 Å². The first-order valence-corrected chi connectivity index (χ1v) is 12.1. The van der Waals surface area contributed by atoms with E-state index in [1.165, 1.54) is 12.1 Å². The molecule has 3 rings (SSSR count). The summed E-state index contributed by atoms with van der Waals surface area (Å²) in [5.74, 6) is 0.322. The van der Waals surface area contributed by atoms with Crippen molar-refractivity contribution >= 4 is 44.2 Å². The summed E-state index contributed by atoms with van der Waals surface area (Å²) in [6, 6.07) is 22.2. The number of halogens is 1. The minimum atomic E-state index is -3.92. The maximum absolute atomic E-state index is 13.3. The van der Waals surface area contributed by atoms with E-state index in [0.717, 1.165) is 19.2 Å². The molecule has 0 heterocycles. The molecule has 162 valence electrons. The fourth-order valence-electron chi connectivity index (χ4n) is 3.04. The van der Waals surface area contributed by atoms with Gasteiger partial charge in [-0.3, -0.25) is 9.10 Å². The van der Waals surface area contributed by atoms with Gasteiger partial charge in [0, 0.05) is 3.57 Å². The highest BCUT2D eigenvalue weighted by molar-refractivity contribution is 14.1. The summed E-state index contributed by atoms with van der Waals surface area (Å²) < 4.78 is 33.9. The molecule has 3 aromatic rings. The van der Waals surface area contributed by atoms with Gasteiger partial charge in [0.15, 0.2) is 0 Å². The lowest BCUT2D eigenvalue weighted by Gasteiger charge is -2.25. The molecule has 0 aliphatic carbocycles. The molecule has 3 aromatic carbocycles. The molecule has 0 radical (unpaired) electrons. The first-order valence-electron chi connectivity index (χ1n) is 9.58. The lowest BCUT2D eigenvalue weighted by atomic mass is 10.1. The number of rotatable bonds is 8. The number of sulfonamides is 1. The van der Waals surface area contributed by atoms with Gasteiger partial charge in [0.05, 0.1) is 23.7 Å². The molecule has 0 bridgehead atoms. The van der Waals surface area contributed by atoms with E-state index in [0.29, 0.717) is 5.69 Å². The van der Waals surface area contributed by atoms with E-state index in [1.54, 1.807) is 49.6 Å². The zero-order valence-electron chi connectivity index (χ0n) is 17.2. The Labute approximate surface area is 196 Å². The van der Waals surface area contributed by atoms with E-state index in [1.807, 2.05) is 31.2 Å². The Kier molecular flexibility index (Phi) is 7.55. The lowest BCUT2D eigenvalue weighted by molar-refractivity contribution is -0.120. The monoisotopic (exact) mass is 550 g/mol. The molecule has 0 aromatic heterocycles. The quantitative estimate of drug-likeness (QED) is 0.423. The predicted octanol–water partition coefficient (Wildman–Crippen LogP) is 4.37. The van der Waals surface area contributed by atoms with Crippen LogP contribution in [-0.4, -0.2) is 28.0 Å². The van der Waals surface area contributed by atoms with E-state index in [-0.39, 0.29) is 17.5 Å². The number of hydrogen-bond acceptors (Lipinski definition) is 4. The highest BCUT2D eigenvalue weighted by Gasteiger charge is 2.27. The minimum Gasteiger partial charge on any atom is -0.497 e. The summed E-state index contributed by atoms with van der Waals surface area (Å²) in [5, 5.41) is 2.88. The molecule has 0 saturated heterocycles. The van der Waals surface area contributed by atoms with Crippen LogP contribution in [0.3, 0.4) is 0 Å². The Morgan fingerprint density at radius 1 is 1.00 bits per heavy atom. The van der Waals surface area contributed by atoms with Crippen LogP contribution in [0.4, 0.5) is 5.69 Å². The van der Waals surface area contributed by atoms with Crippen molar-refractivity contribution in [2.75, 3.05) is 18.0 Å². The van der Waals surface area contributed by atoms with Gasteiger partial charge >= 0.3 is 0 Å². The summed E-state index contributed by atoms with van der Waals surface area (Å²) >= 11 is 2.15. The second kappa shape index (κ2) is 10.1. The lowest BCUT2D eigenvalue weighted by Crippen LogP contribution is -2.41. The smallest absolute Gasteiger partial charge is 0.264 e. The van der Waals surface area contributed by atoms with Crippen molar-refractivity contribution in [1.29, 1.82) is 0 Å². The maximum Gasteiger partial charge on any atom is 0.264 e. The van der Waals surface area contributed by atoms with Crippen LogP contribution < -0.4 is 14.4 Å². The van der Waals surface area contributed by atoms with Crippen LogP contribution >= 0.6 is 22.6 Å². The average Bonchev–Trinajstić information content (AvgIpc) is 2.78. The topological polar surface area (TPSA) is 75.7 Å². The summed E-state index contributed by atoms with van der Waals surface area (Å²) in [6.45, 7) is 1.51. The number of ether oxygens (including phenoxy) is 1. The van der Waals surface area contributed by atoms with Crippen molar-refractivity contribution in [2.45, 2.75) is 17.9 Å².